The van der Waals surface area contributed by atoms with E-state index in [4.69, 9.17) is 14.8 Å². The minimum Gasteiger partial charge on any atom is -0.489 e. The van der Waals surface area contributed by atoms with E-state index in [0.29, 0.717) is 19.0 Å². The summed E-state index contributed by atoms with van der Waals surface area (Å²) in [5.74, 6) is 2.62. The second-order valence-electron chi connectivity index (χ2n) is 8.81. The number of hydrogen-bond donors (Lipinski definition) is 1. The quantitative estimate of drug-likeness (QED) is 0.315. The zero-order valence-corrected chi connectivity index (χ0v) is 20.5. The molecule has 0 radical (unpaired) electrons. The first-order valence-electron chi connectivity index (χ1n) is 12.0. The van der Waals surface area contributed by atoms with Crippen LogP contribution < -0.4 is 10.1 Å². The van der Waals surface area contributed by atoms with Crippen LogP contribution in [0.5, 0.6) is 5.75 Å². The summed E-state index contributed by atoms with van der Waals surface area (Å²) in [5, 5.41) is 9.00. The third-order valence-electron chi connectivity index (χ3n) is 6.44. The molecule has 1 aliphatic carbocycles. The average molecular weight is 475 g/mol. The number of allylic oxidation sites excluding steroid dienone is 2. The molecule has 6 nitrogen and oxygen atoms in total. The van der Waals surface area contributed by atoms with Crippen LogP contribution in [0.15, 0.2) is 65.0 Å². The van der Waals surface area contributed by atoms with Crippen molar-refractivity contribution in [2.75, 3.05) is 11.1 Å². The van der Waals surface area contributed by atoms with Crippen LogP contribution in [0.2, 0.25) is 0 Å². The molecule has 176 valence electrons. The third-order valence-corrected chi connectivity index (χ3v) is 7.36. The Bertz CT molecular complexity index is 1230. The number of carbonyl (C=O) groups excluding carboxylic acids is 1. The van der Waals surface area contributed by atoms with Crippen LogP contribution in [-0.4, -0.2) is 26.3 Å². The molecule has 3 aromatic rings. The van der Waals surface area contributed by atoms with Crippen LogP contribution in [-0.2, 0) is 11.4 Å². The maximum atomic E-state index is 13.2. The highest BCUT2D eigenvalue weighted by Crippen LogP contribution is 2.43. The van der Waals surface area contributed by atoms with Crippen LogP contribution >= 0.6 is 11.8 Å². The van der Waals surface area contributed by atoms with Gasteiger partial charge in [-0.1, -0.05) is 67.6 Å². The maximum absolute atomic E-state index is 13.2. The van der Waals surface area contributed by atoms with Crippen molar-refractivity contribution < 1.29 is 9.53 Å². The molecule has 1 aliphatic heterocycles. The van der Waals surface area contributed by atoms with E-state index >= 15 is 0 Å². The molecule has 2 heterocycles. The molecular weight excluding hydrogens is 444 g/mol. The maximum Gasteiger partial charge on any atom is 0.227 e. The second kappa shape index (κ2) is 10.1. The van der Waals surface area contributed by atoms with Gasteiger partial charge in [-0.15, -0.1) is 5.10 Å². The summed E-state index contributed by atoms with van der Waals surface area (Å²) >= 11 is 1.67. The Morgan fingerprint density at radius 3 is 2.82 bits per heavy atom. The molecule has 0 spiro atoms. The van der Waals surface area contributed by atoms with E-state index in [-0.39, 0.29) is 11.8 Å². The monoisotopic (exact) mass is 474 g/mol. The number of carbonyl (C=O) groups is 1. The van der Waals surface area contributed by atoms with E-state index in [0.717, 1.165) is 64.7 Å². The fraction of sp³-hybridized carbons (Fsp3) is 0.370. The number of nitrogens with zero attached hydrogens (tertiary/aromatic N) is 3. The van der Waals surface area contributed by atoms with Crippen LogP contribution in [0.3, 0.4) is 0 Å². The average Bonchev–Trinajstić information content (AvgIpc) is 3.25. The zero-order valence-electron chi connectivity index (χ0n) is 19.7. The van der Waals surface area contributed by atoms with Gasteiger partial charge in [0.2, 0.25) is 11.1 Å². The lowest BCUT2D eigenvalue weighted by Gasteiger charge is -2.32. The molecule has 2 aromatic carbocycles. The molecule has 1 aromatic heterocycles. The second-order valence-corrected chi connectivity index (χ2v) is 9.88. The molecule has 0 saturated heterocycles. The number of anilines is 1. The number of Topliss-reactive ketones (excluding diaryl/α,β-unsaturated/α-hetero) is 1. The minimum absolute atomic E-state index is 0.175. The molecule has 2 aliphatic rings. The Morgan fingerprint density at radius 2 is 1.97 bits per heavy atom. The number of para-hydroxylation sites is 1. The predicted octanol–water partition coefficient (Wildman–Crippen LogP) is 6.08. The number of nitrogens with one attached hydrogen (secondary N) is 1. The first-order valence-corrected chi connectivity index (χ1v) is 13.0. The molecule has 1 N–H and O–H groups in total. The molecule has 1 atom stereocenters. The lowest BCUT2D eigenvalue weighted by Crippen LogP contribution is -2.31. The summed E-state index contributed by atoms with van der Waals surface area (Å²) in [6.45, 7) is 4.74. The van der Waals surface area contributed by atoms with Gasteiger partial charge in [-0.3, -0.25) is 4.79 Å². The Kier molecular flexibility index (Phi) is 6.72. The van der Waals surface area contributed by atoms with Crippen LogP contribution in [0.1, 0.15) is 61.8 Å². The molecule has 5 rings (SSSR count). The molecule has 1 unspecified atom stereocenters. The summed E-state index contributed by atoms with van der Waals surface area (Å²) in [6.07, 6.45) is 4.51. The largest absolute Gasteiger partial charge is 0.489 e. The Balaban J connectivity index is 1.53. The number of aromatic nitrogens is 3. The van der Waals surface area contributed by atoms with Crippen molar-refractivity contribution in [3.63, 3.8) is 0 Å². The van der Waals surface area contributed by atoms with E-state index in [2.05, 4.69) is 31.3 Å². The highest BCUT2D eigenvalue weighted by Gasteiger charge is 2.38. The standard InChI is InChI=1S/C27H30N4O2S/c1-3-4-16-34-27-29-26-28-21-13-9-14-22(32)24(21)25(31(26)30-27)20-12-7-8-15-23(20)33-17-19-11-6-5-10-18(19)2/h5-8,10-12,15,25H,3-4,9,13-14,16-17H2,1-2H3,(H,28,29,30). The van der Waals surface area contributed by atoms with Crippen molar-refractivity contribution in [2.45, 2.75) is 63.8 Å². The highest BCUT2D eigenvalue weighted by atomic mass is 32.2. The Labute approximate surface area is 204 Å². The fourth-order valence-corrected chi connectivity index (χ4v) is 5.47. The van der Waals surface area contributed by atoms with Gasteiger partial charge in [0.15, 0.2) is 5.78 Å². The number of ketones is 1. The highest BCUT2D eigenvalue weighted by molar-refractivity contribution is 7.99. The molecule has 0 saturated carbocycles. The summed E-state index contributed by atoms with van der Waals surface area (Å²) in [5.41, 5.74) is 5.05. The predicted molar refractivity (Wildman–Crippen MR) is 135 cm³/mol. The number of thioether (sulfide) groups is 1. The van der Waals surface area contributed by atoms with Gasteiger partial charge in [-0.25, -0.2) is 4.68 Å². The number of rotatable bonds is 8. The molecule has 0 bridgehead atoms. The number of ether oxygens (including phenoxy) is 1. The fourth-order valence-electron chi connectivity index (χ4n) is 4.56. The van der Waals surface area contributed by atoms with Crippen molar-refractivity contribution in [1.29, 1.82) is 0 Å². The van der Waals surface area contributed by atoms with Crippen LogP contribution in [0.4, 0.5) is 5.95 Å². The lowest BCUT2D eigenvalue weighted by molar-refractivity contribution is -0.116. The number of aryl methyl sites for hydroxylation is 1. The topological polar surface area (TPSA) is 69.0 Å². The normalized spacial score (nSPS) is 17.2. The third kappa shape index (κ3) is 4.49. The van der Waals surface area contributed by atoms with Gasteiger partial charge in [0.05, 0.1) is 0 Å². The number of fused-ring (bicyclic) bond motifs is 1. The summed E-state index contributed by atoms with van der Waals surface area (Å²) < 4.78 is 8.23. The number of hydrogen-bond acceptors (Lipinski definition) is 6. The van der Waals surface area contributed by atoms with E-state index < -0.39 is 0 Å². The minimum atomic E-state index is -0.347. The molecule has 0 fully saturated rings. The zero-order chi connectivity index (χ0) is 23.5. The van der Waals surface area contributed by atoms with Crippen molar-refractivity contribution >= 4 is 23.5 Å². The van der Waals surface area contributed by atoms with Gasteiger partial charge in [0.1, 0.15) is 18.4 Å². The van der Waals surface area contributed by atoms with E-state index in [1.165, 1.54) is 5.56 Å². The Hall–Kier alpha value is -3.06. The molecule has 0 amide bonds. The number of unbranched alkanes of at least 4 members (excludes halogenated alkanes) is 1. The van der Waals surface area contributed by atoms with Crippen molar-refractivity contribution in [3.05, 3.63) is 76.5 Å². The van der Waals surface area contributed by atoms with Crippen molar-refractivity contribution in [1.82, 2.24) is 14.8 Å². The summed E-state index contributed by atoms with van der Waals surface area (Å²) in [4.78, 5) is 17.9. The van der Waals surface area contributed by atoms with Crippen molar-refractivity contribution in [2.24, 2.45) is 0 Å². The van der Waals surface area contributed by atoms with E-state index in [9.17, 15) is 4.79 Å². The number of benzene rings is 2. The van der Waals surface area contributed by atoms with Gasteiger partial charge >= 0.3 is 0 Å². The van der Waals surface area contributed by atoms with Gasteiger partial charge in [-0.2, -0.15) is 4.98 Å². The smallest absolute Gasteiger partial charge is 0.227 e. The first-order chi connectivity index (χ1) is 16.7. The Morgan fingerprint density at radius 1 is 1.15 bits per heavy atom. The SMILES string of the molecule is CCCCSc1nc2n(n1)C(c1ccccc1OCc1ccccc1C)C1=C(CCCC1=O)N2. The molecular formula is C27H30N4O2S. The molecule has 7 heteroatoms. The van der Waals surface area contributed by atoms with Gasteiger partial charge in [-0.05, 0) is 43.4 Å². The van der Waals surface area contributed by atoms with Gasteiger partial charge in [0, 0.05) is 29.0 Å². The van der Waals surface area contributed by atoms with E-state index in [1.54, 1.807) is 11.8 Å². The summed E-state index contributed by atoms with van der Waals surface area (Å²) in [6, 6.07) is 15.9. The van der Waals surface area contributed by atoms with Gasteiger partial charge in [0.25, 0.3) is 0 Å². The van der Waals surface area contributed by atoms with Crippen LogP contribution in [0.25, 0.3) is 0 Å². The molecule has 34 heavy (non-hydrogen) atoms. The summed E-state index contributed by atoms with van der Waals surface area (Å²) in [7, 11) is 0. The lowest BCUT2D eigenvalue weighted by atomic mass is 9.85. The van der Waals surface area contributed by atoms with Crippen molar-refractivity contribution in [3.8, 4) is 5.75 Å². The van der Waals surface area contributed by atoms with E-state index in [1.807, 2.05) is 41.1 Å². The van der Waals surface area contributed by atoms with Crippen LogP contribution in [0, 0.1) is 6.92 Å². The van der Waals surface area contributed by atoms with Gasteiger partial charge < -0.3 is 10.1 Å². The first kappa shape index (κ1) is 22.7.